The van der Waals surface area contributed by atoms with E-state index in [1.807, 2.05) is 12.3 Å². The number of benzene rings is 2. The molecule has 6 heteroatoms. The number of hydrogen-bond donors (Lipinski definition) is 1. The minimum absolute atomic E-state index is 0.204. The molecular weight excluding hydrogens is 365 g/mol. The van der Waals surface area contributed by atoms with Crippen LogP contribution in [0.5, 0.6) is 0 Å². The van der Waals surface area contributed by atoms with E-state index < -0.39 is 0 Å². The Morgan fingerprint density at radius 3 is 2.76 bits per heavy atom. The smallest absolute Gasteiger partial charge is 0.123 e. The lowest BCUT2D eigenvalue weighted by molar-refractivity contribution is 0.624. The van der Waals surface area contributed by atoms with Gasteiger partial charge >= 0.3 is 0 Å². The summed E-state index contributed by atoms with van der Waals surface area (Å²) < 4.78 is 17.8. The molecule has 5 nitrogen and oxygen atoms in total. The van der Waals surface area contributed by atoms with Crippen molar-refractivity contribution in [1.82, 2.24) is 9.13 Å². The van der Waals surface area contributed by atoms with Crippen LogP contribution in [0.2, 0.25) is 0 Å². The zero-order valence-electron chi connectivity index (χ0n) is 16.0. The third-order valence-electron chi connectivity index (χ3n) is 5.39. The normalized spacial score (nSPS) is 13.2. The van der Waals surface area contributed by atoms with Crippen molar-refractivity contribution in [2.75, 3.05) is 18.1 Å². The first-order valence-electron chi connectivity index (χ1n) is 9.73. The Bertz CT molecular complexity index is 1200. The molecule has 0 fully saturated rings. The quantitative estimate of drug-likeness (QED) is 0.560. The minimum Gasteiger partial charge on any atom is -0.344 e. The Labute approximate surface area is 168 Å². The van der Waals surface area contributed by atoms with Crippen molar-refractivity contribution in [1.29, 1.82) is 0 Å². The van der Waals surface area contributed by atoms with Crippen LogP contribution in [0.25, 0.3) is 10.9 Å². The first-order chi connectivity index (χ1) is 14.2. The molecule has 0 saturated carbocycles. The molecule has 0 saturated heterocycles. The Morgan fingerprint density at radius 1 is 1.00 bits per heavy atom. The van der Waals surface area contributed by atoms with E-state index in [1.165, 1.54) is 6.07 Å². The second-order valence-electron chi connectivity index (χ2n) is 7.27. The number of aromatic nitrogens is 2. The molecule has 0 aliphatic carbocycles. The van der Waals surface area contributed by atoms with E-state index in [2.05, 4.69) is 61.8 Å². The number of anilines is 2. The largest absolute Gasteiger partial charge is 0.344 e. The van der Waals surface area contributed by atoms with Crippen LogP contribution in [0, 0.1) is 5.82 Å². The summed E-state index contributed by atoms with van der Waals surface area (Å²) in [5.41, 5.74) is 11.1. The van der Waals surface area contributed by atoms with Gasteiger partial charge in [-0.3, -0.25) is 4.99 Å². The van der Waals surface area contributed by atoms with Crippen molar-refractivity contribution in [3.05, 3.63) is 84.1 Å². The lowest BCUT2D eigenvalue weighted by atomic mass is 10.2. The van der Waals surface area contributed by atoms with Crippen LogP contribution in [0.15, 0.2) is 72.0 Å². The number of nitrogens with zero attached hydrogens (tertiary/aromatic N) is 4. The summed E-state index contributed by atoms with van der Waals surface area (Å²) in [4.78, 5) is 6.75. The molecule has 1 aliphatic rings. The Hall–Kier alpha value is -3.38. The summed E-state index contributed by atoms with van der Waals surface area (Å²) in [6.45, 7) is 2.60. The van der Waals surface area contributed by atoms with Gasteiger partial charge in [0, 0.05) is 54.8 Å². The van der Waals surface area contributed by atoms with Crippen molar-refractivity contribution < 1.29 is 4.39 Å². The summed E-state index contributed by atoms with van der Waals surface area (Å²) >= 11 is 0. The van der Waals surface area contributed by atoms with Crippen LogP contribution in [0.4, 0.5) is 15.8 Å². The van der Waals surface area contributed by atoms with Crippen molar-refractivity contribution in [2.45, 2.75) is 13.1 Å². The highest BCUT2D eigenvalue weighted by molar-refractivity contribution is 5.92. The molecule has 29 heavy (non-hydrogen) atoms. The highest BCUT2D eigenvalue weighted by Crippen LogP contribution is 2.33. The molecule has 2 aromatic carbocycles. The molecule has 0 atom stereocenters. The highest BCUT2D eigenvalue weighted by atomic mass is 19.1. The molecule has 4 aromatic rings. The summed E-state index contributed by atoms with van der Waals surface area (Å²) in [7, 11) is 0. The third-order valence-corrected chi connectivity index (χ3v) is 5.39. The van der Waals surface area contributed by atoms with Crippen LogP contribution in [-0.4, -0.2) is 28.6 Å². The van der Waals surface area contributed by atoms with Crippen molar-refractivity contribution in [2.24, 2.45) is 10.7 Å². The monoisotopic (exact) mass is 387 g/mol. The van der Waals surface area contributed by atoms with E-state index >= 15 is 0 Å². The summed E-state index contributed by atoms with van der Waals surface area (Å²) in [6.07, 6.45) is 6.04. The average Bonchev–Trinajstić information content (AvgIpc) is 3.32. The maximum absolute atomic E-state index is 13.5. The Morgan fingerprint density at radius 2 is 1.90 bits per heavy atom. The molecule has 5 rings (SSSR count). The standard InChI is InChI=1S/C23H22FN5/c24-19-3-1-2-17(12-19)15-28-9-6-18-13-20(4-5-21(18)28)29-16-26-14-23-22(29)7-10-27(23)11-8-25/h1-7,9-10,12-14H,8,11,15-16,25H2. The summed E-state index contributed by atoms with van der Waals surface area (Å²) in [6, 6.07) is 17.4. The van der Waals surface area contributed by atoms with Crippen LogP contribution in [0.1, 0.15) is 11.3 Å². The molecule has 0 radical (unpaired) electrons. The van der Waals surface area contributed by atoms with Gasteiger partial charge in [-0.05, 0) is 48.0 Å². The molecular formula is C23H22FN5. The predicted octanol–water partition coefficient (Wildman–Crippen LogP) is 4.12. The first kappa shape index (κ1) is 17.7. The zero-order chi connectivity index (χ0) is 19.8. The second kappa shape index (κ2) is 7.22. The average molecular weight is 387 g/mol. The van der Waals surface area contributed by atoms with E-state index in [0.717, 1.165) is 40.1 Å². The molecule has 1 aliphatic heterocycles. The van der Waals surface area contributed by atoms with E-state index in [1.54, 1.807) is 12.1 Å². The highest BCUT2D eigenvalue weighted by Gasteiger charge is 2.19. The van der Waals surface area contributed by atoms with E-state index in [9.17, 15) is 4.39 Å². The van der Waals surface area contributed by atoms with Crippen LogP contribution >= 0.6 is 0 Å². The van der Waals surface area contributed by atoms with Crippen LogP contribution in [0.3, 0.4) is 0 Å². The van der Waals surface area contributed by atoms with Gasteiger partial charge in [0.2, 0.25) is 0 Å². The van der Waals surface area contributed by atoms with Crippen molar-refractivity contribution in [3.63, 3.8) is 0 Å². The zero-order valence-corrected chi connectivity index (χ0v) is 16.0. The van der Waals surface area contributed by atoms with Gasteiger partial charge in [-0.15, -0.1) is 0 Å². The van der Waals surface area contributed by atoms with E-state index in [-0.39, 0.29) is 5.82 Å². The van der Waals surface area contributed by atoms with E-state index in [4.69, 9.17) is 5.73 Å². The van der Waals surface area contributed by atoms with Gasteiger partial charge in [-0.25, -0.2) is 4.39 Å². The molecule has 2 aromatic heterocycles. The maximum Gasteiger partial charge on any atom is 0.123 e. The molecule has 2 N–H and O–H groups in total. The molecule has 0 unspecified atom stereocenters. The Balaban J connectivity index is 1.47. The topological polar surface area (TPSA) is 51.5 Å². The van der Waals surface area contributed by atoms with Crippen LogP contribution in [-0.2, 0) is 13.1 Å². The lowest BCUT2D eigenvalue weighted by Crippen LogP contribution is -2.23. The predicted molar refractivity (Wildman–Crippen MR) is 116 cm³/mol. The SMILES string of the molecule is NCCn1ccc2c1C=NCN2c1ccc2c(ccn2Cc2cccc(F)c2)c1. The molecule has 146 valence electrons. The number of nitrogens with two attached hydrogens (primary N) is 1. The third kappa shape index (κ3) is 3.21. The Kier molecular flexibility index (Phi) is 4.41. The van der Waals surface area contributed by atoms with Gasteiger partial charge in [0.1, 0.15) is 12.5 Å². The first-order valence-corrected chi connectivity index (χ1v) is 9.73. The van der Waals surface area contributed by atoms with Crippen molar-refractivity contribution in [3.8, 4) is 0 Å². The van der Waals surface area contributed by atoms with Crippen molar-refractivity contribution >= 4 is 28.5 Å². The fourth-order valence-electron chi connectivity index (χ4n) is 4.01. The van der Waals surface area contributed by atoms with E-state index in [0.29, 0.717) is 19.8 Å². The summed E-state index contributed by atoms with van der Waals surface area (Å²) in [5, 5.41) is 1.15. The van der Waals surface area contributed by atoms with Gasteiger partial charge in [-0.1, -0.05) is 12.1 Å². The number of aliphatic imine (C=N–C) groups is 1. The molecule has 0 bridgehead atoms. The van der Waals surface area contributed by atoms with Gasteiger partial charge < -0.3 is 19.8 Å². The summed E-state index contributed by atoms with van der Waals surface area (Å²) in [5.74, 6) is -0.204. The van der Waals surface area contributed by atoms with Crippen LogP contribution < -0.4 is 10.6 Å². The maximum atomic E-state index is 13.5. The molecule has 3 heterocycles. The number of fused-ring (bicyclic) bond motifs is 2. The number of halogens is 1. The molecule has 0 amide bonds. The van der Waals surface area contributed by atoms with Gasteiger partial charge in [-0.2, -0.15) is 0 Å². The second-order valence-corrected chi connectivity index (χ2v) is 7.27. The van der Waals surface area contributed by atoms with Gasteiger partial charge in [0.15, 0.2) is 0 Å². The van der Waals surface area contributed by atoms with Gasteiger partial charge in [0.25, 0.3) is 0 Å². The minimum atomic E-state index is -0.204. The fourth-order valence-corrected chi connectivity index (χ4v) is 4.01. The lowest BCUT2D eigenvalue weighted by Gasteiger charge is -2.26. The fraction of sp³-hybridized carbons (Fsp3) is 0.174. The van der Waals surface area contributed by atoms with Gasteiger partial charge in [0.05, 0.1) is 11.4 Å². The number of rotatable bonds is 5. The molecule has 0 spiro atoms. The number of hydrogen-bond acceptors (Lipinski definition) is 3.